The van der Waals surface area contributed by atoms with Crippen LogP contribution in [0.2, 0.25) is 0 Å². The highest BCUT2D eigenvalue weighted by Gasteiger charge is 2.28. The summed E-state index contributed by atoms with van der Waals surface area (Å²) in [5.41, 5.74) is 14.9. The second kappa shape index (κ2) is 55.7. The standard InChI is InChI=1S/C20H32N2O.C19H30N2O.C18H20FNO.C18H28N2O.C16H23NO.C14H21NO2.C14H21NO/c1-20(2,3)17-10-8-9-16(15-17)19(23)21-13-14-22(4)18-11-6-5-7-12-18;1-19(2,3)17-10-7-9-16(15-17)18(22)20-11-8-14-21-12-5-4-6-13-21;1-18(2,3)15-9-7-14(8-10-15)17(21)20-12-13-5-4-6-16(19)11-13;1-14(2)19-9-11-20(12-10-19)17(21)15-7-6-8-16(13-15)18(3,4)5;1-16(2,3)14-9-7-8-13(12-14)15(18)17-10-5-4-6-11-17;1-14(2,3)12-7-5-6-11(10-12)13(16)15-8-9-17-4;1-10(2)15-13(16)11-7-6-8-12(9-11)14(3,4)5/h8-10,15,18H,5-7,11-14H2,1-4H3,(H,21,23);7,9-10,15H,4-6,8,11-14H2,1-3H3,(H,20,22);4-11H,12H2,1-3H3,(H,20,21);6-8,13-14H,9-12H2,1-5H3;7-9,12H,4-6,10-11H2,1-3H3;5-7,10H,8-9H2,1-4H3,(H,15,16);6-10H,1-5H3,(H,15,16). The predicted octanol–water partition coefficient (Wildman–Crippen LogP) is 23.9. The smallest absolute Gasteiger partial charge is 0.253 e. The lowest BCUT2D eigenvalue weighted by molar-refractivity contribution is 0.0594. The zero-order valence-electron chi connectivity index (χ0n) is 89.7. The zero-order valence-corrected chi connectivity index (χ0v) is 89.7. The van der Waals surface area contributed by atoms with Gasteiger partial charge >= 0.3 is 0 Å². The van der Waals surface area contributed by atoms with E-state index in [0.717, 1.165) is 117 Å². The predicted molar refractivity (Wildman–Crippen MR) is 572 cm³/mol. The summed E-state index contributed by atoms with van der Waals surface area (Å²) in [6, 6.07) is 62.9. The maximum atomic E-state index is 13.1. The molecule has 0 radical (unpaired) electrons. The first-order chi connectivity index (χ1) is 64.7. The highest BCUT2D eigenvalue weighted by molar-refractivity contribution is 5.98. The Kier molecular flexibility index (Phi) is 47.1. The van der Waals surface area contributed by atoms with Crippen molar-refractivity contribution in [2.75, 3.05) is 106 Å². The molecule has 0 spiro atoms. The van der Waals surface area contributed by atoms with Gasteiger partial charge in [0.2, 0.25) is 0 Å². The number of benzene rings is 8. The van der Waals surface area contributed by atoms with Crippen molar-refractivity contribution in [2.45, 2.75) is 313 Å². The number of rotatable bonds is 22. The average molecular weight is 1890 g/mol. The van der Waals surface area contributed by atoms with Gasteiger partial charge in [0, 0.05) is 136 Å². The summed E-state index contributed by atoms with van der Waals surface area (Å²) in [6.07, 6.45) is 15.3. The number of hydrogen-bond donors (Lipinski definition) is 5. The molecule has 1 saturated carbocycles. The number of nitrogens with zero attached hydrogens (tertiary/aromatic N) is 5. The first-order valence-electron chi connectivity index (χ1n) is 50.9. The molecule has 756 valence electrons. The third kappa shape index (κ3) is 41.7. The molecule has 0 bridgehead atoms. The number of piperazine rings is 1. The monoisotopic (exact) mass is 1890 g/mol. The quantitative estimate of drug-likeness (QED) is 0.0404. The Bertz CT molecular complexity index is 5060. The second-order valence-corrected chi connectivity index (χ2v) is 45.3. The minimum atomic E-state index is -0.295. The van der Waals surface area contributed by atoms with Crippen LogP contribution in [0.4, 0.5) is 4.39 Å². The number of methoxy groups -OCH3 is 1. The van der Waals surface area contributed by atoms with Crippen molar-refractivity contribution >= 4 is 41.4 Å². The number of hydrogen-bond acceptors (Lipinski definition) is 11. The van der Waals surface area contributed by atoms with E-state index in [0.29, 0.717) is 49.5 Å². The van der Waals surface area contributed by atoms with Gasteiger partial charge in [-0.3, -0.25) is 38.5 Å². The van der Waals surface area contributed by atoms with Crippen molar-refractivity contribution in [3.8, 4) is 0 Å². The van der Waals surface area contributed by atoms with Gasteiger partial charge < -0.3 is 50.9 Å². The Morgan fingerprint density at radius 2 is 0.703 bits per heavy atom. The molecule has 5 N–H and O–H groups in total. The molecular formula is C119H175FN10O8. The van der Waals surface area contributed by atoms with E-state index in [9.17, 15) is 38.0 Å². The number of ether oxygens (including phenoxy) is 1. The van der Waals surface area contributed by atoms with Crippen LogP contribution in [-0.4, -0.2) is 190 Å². The van der Waals surface area contributed by atoms with Crippen molar-refractivity contribution in [3.63, 3.8) is 0 Å². The number of likely N-dealkylation sites (tertiary alicyclic amines) is 2. The molecule has 18 nitrogen and oxygen atoms in total. The van der Waals surface area contributed by atoms with E-state index in [1.165, 1.54) is 116 Å². The Morgan fingerprint density at radius 1 is 0.362 bits per heavy atom. The normalized spacial score (nSPS) is 14.7. The van der Waals surface area contributed by atoms with Gasteiger partial charge in [-0.05, 0) is 285 Å². The minimum absolute atomic E-state index is 0.00102. The number of amides is 7. The van der Waals surface area contributed by atoms with E-state index >= 15 is 0 Å². The van der Waals surface area contributed by atoms with Gasteiger partial charge in [-0.2, -0.15) is 0 Å². The largest absolute Gasteiger partial charge is 0.383 e. The highest BCUT2D eigenvalue weighted by Crippen LogP contribution is 2.31. The fraction of sp³-hybridized carbons (Fsp3) is 0.538. The maximum absolute atomic E-state index is 13.1. The molecule has 8 aromatic rings. The SMILES string of the molecule is CC(C)(C)c1ccc(C(=O)NCc2cccc(F)c2)cc1.CC(C)(C)c1cccc(C(=O)N2CCCCC2)c1.CC(C)(C)c1cccc(C(=O)NCCCN2CCCCC2)c1.CC(C)N1CCN(C(=O)c2cccc(C(C)(C)C)c2)CC1.CC(C)NC(=O)c1cccc(C(C)(C)C)c1.CN(CCNC(=O)c1cccc(C(C)(C)C)c1)C1CCCCC1.COCCNC(=O)c1cccc(C(C)(C)C)c1. The van der Waals surface area contributed by atoms with Gasteiger partial charge in [0.1, 0.15) is 5.82 Å². The summed E-state index contributed by atoms with van der Waals surface area (Å²) in [7, 11) is 3.80. The first-order valence-corrected chi connectivity index (χ1v) is 50.9. The third-order valence-corrected chi connectivity index (χ3v) is 25.6. The van der Waals surface area contributed by atoms with Crippen LogP contribution in [0, 0.1) is 5.82 Å². The molecule has 3 saturated heterocycles. The van der Waals surface area contributed by atoms with E-state index in [1.54, 1.807) is 19.2 Å². The van der Waals surface area contributed by atoms with Crippen LogP contribution in [0.3, 0.4) is 0 Å². The van der Waals surface area contributed by atoms with Gasteiger partial charge in [0.25, 0.3) is 41.4 Å². The molecule has 1 aliphatic carbocycles. The van der Waals surface area contributed by atoms with Crippen molar-refractivity contribution in [1.82, 2.24) is 51.1 Å². The molecule has 19 heteroatoms. The summed E-state index contributed by atoms with van der Waals surface area (Å²) in [4.78, 5) is 96.7. The Balaban J connectivity index is 0.000000248. The second-order valence-electron chi connectivity index (χ2n) is 45.3. The van der Waals surface area contributed by atoms with Crippen molar-refractivity contribution in [2.24, 2.45) is 0 Å². The molecular weight excluding hydrogens is 1720 g/mol. The molecule has 138 heavy (non-hydrogen) atoms. The molecule has 0 atom stereocenters. The number of halogens is 1. The van der Waals surface area contributed by atoms with E-state index < -0.39 is 0 Å². The van der Waals surface area contributed by atoms with E-state index in [4.69, 9.17) is 4.74 Å². The Morgan fingerprint density at radius 3 is 1.08 bits per heavy atom. The van der Waals surface area contributed by atoms with E-state index in [2.05, 4.69) is 250 Å². The van der Waals surface area contributed by atoms with Crippen LogP contribution in [0.25, 0.3) is 0 Å². The third-order valence-electron chi connectivity index (χ3n) is 25.6. The van der Waals surface area contributed by atoms with Crippen molar-refractivity contribution < 1.29 is 42.7 Å². The number of likely N-dealkylation sites (N-methyl/N-ethyl adjacent to an activating group) is 1. The molecule has 0 unspecified atom stereocenters. The van der Waals surface area contributed by atoms with Crippen LogP contribution in [0.5, 0.6) is 0 Å². The molecule has 4 aliphatic rings. The average Bonchev–Trinajstić information content (AvgIpc) is 0.812. The fourth-order valence-corrected chi connectivity index (χ4v) is 16.4. The summed E-state index contributed by atoms with van der Waals surface area (Å²) in [6.45, 7) is 66.4. The maximum Gasteiger partial charge on any atom is 0.253 e. The van der Waals surface area contributed by atoms with E-state index in [1.807, 2.05) is 151 Å². The van der Waals surface area contributed by atoms with Gasteiger partial charge in [-0.1, -0.05) is 268 Å². The lowest BCUT2D eigenvalue weighted by Crippen LogP contribution is -2.50. The van der Waals surface area contributed by atoms with Crippen molar-refractivity contribution in [1.29, 1.82) is 0 Å². The van der Waals surface area contributed by atoms with Crippen LogP contribution in [0.15, 0.2) is 194 Å². The van der Waals surface area contributed by atoms with Crippen LogP contribution < -0.4 is 26.6 Å². The highest BCUT2D eigenvalue weighted by atomic mass is 19.1. The number of carbonyl (C=O) groups is 7. The lowest BCUT2D eigenvalue weighted by Gasteiger charge is -2.37. The molecule has 8 aromatic carbocycles. The van der Waals surface area contributed by atoms with Gasteiger partial charge in [-0.25, -0.2) is 4.39 Å². The molecule has 0 aromatic heterocycles. The van der Waals surface area contributed by atoms with Crippen molar-refractivity contribution in [3.05, 3.63) is 283 Å². The molecule has 4 fully saturated rings. The lowest BCUT2D eigenvalue weighted by atomic mass is 9.86. The topological polar surface area (TPSA) is 205 Å². The Hall–Kier alpha value is -10.2. The minimum Gasteiger partial charge on any atom is -0.383 e. The molecule has 7 amide bonds. The molecule has 12 rings (SSSR count). The zero-order chi connectivity index (χ0) is 102. The number of piperidine rings is 2. The van der Waals surface area contributed by atoms with Crippen LogP contribution >= 0.6 is 0 Å². The first kappa shape index (κ1) is 117. The number of nitrogens with one attached hydrogen (secondary N) is 5. The van der Waals surface area contributed by atoms with Gasteiger partial charge in [0.05, 0.1) is 6.61 Å². The number of carbonyl (C=O) groups excluding carboxylic acids is 7. The fourth-order valence-electron chi connectivity index (χ4n) is 16.4. The molecule has 3 aliphatic heterocycles. The van der Waals surface area contributed by atoms with Gasteiger partial charge in [-0.15, -0.1) is 0 Å². The summed E-state index contributed by atoms with van der Waals surface area (Å²) in [5, 5.41) is 14.6. The molecule has 3 heterocycles. The van der Waals surface area contributed by atoms with Gasteiger partial charge in [0.15, 0.2) is 0 Å². The summed E-state index contributed by atoms with van der Waals surface area (Å²) < 4.78 is 17.9. The summed E-state index contributed by atoms with van der Waals surface area (Å²) >= 11 is 0. The summed E-state index contributed by atoms with van der Waals surface area (Å²) in [5.74, 6) is -0.0477. The van der Waals surface area contributed by atoms with E-state index in [-0.39, 0.29) is 91.1 Å². The Labute approximate surface area is 832 Å². The van der Waals surface area contributed by atoms with Crippen LogP contribution in [0.1, 0.15) is 367 Å². The van der Waals surface area contributed by atoms with Crippen LogP contribution in [-0.2, 0) is 49.2 Å².